The summed E-state index contributed by atoms with van der Waals surface area (Å²) in [5.41, 5.74) is 2.12. The molecule has 6 heteroatoms. The van der Waals surface area contributed by atoms with Crippen molar-refractivity contribution in [2.45, 2.75) is 26.2 Å². The highest BCUT2D eigenvalue weighted by molar-refractivity contribution is 7.11. The summed E-state index contributed by atoms with van der Waals surface area (Å²) in [6.07, 6.45) is 1.72. The van der Waals surface area contributed by atoms with Crippen LogP contribution in [0.1, 0.15) is 26.3 Å². The van der Waals surface area contributed by atoms with Crippen molar-refractivity contribution in [2.24, 2.45) is 7.05 Å². The predicted molar refractivity (Wildman–Crippen MR) is 89.5 cm³/mol. The van der Waals surface area contributed by atoms with Crippen LogP contribution in [-0.2, 0) is 12.5 Å². The summed E-state index contributed by atoms with van der Waals surface area (Å²) in [5.74, 6) is 0.180. The molecular formula is C17H18FN3OS. The van der Waals surface area contributed by atoms with Crippen molar-refractivity contribution in [3.05, 3.63) is 47.2 Å². The van der Waals surface area contributed by atoms with Gasteiger partial charge in [0, 0.05) is 24.7 Å². The summed E-state index contributed by atoms with van der Waals surface area (Å²) in [5, 5.41) is 6.49. The van der Waals surface area contributed by atoms with Gasteiger partial charge in [-0.2, -0.15) is 5.10 Å². The molecule has 0 radical (unpaired) electrons. The summed E-state index contributed by atoms with van der Waals surface area (Å²) >= 11 is 1.37. The molecule has 0 bridgehead atoms. The Bertz CT molecular complexity index is 832. The van der Waals surface area contributed by atoms with E-state index in [9.17, 15) is 4.39 Å². The average molecular weight is 331 g/mol. The van der Waals surface area contributed by atoms with Crippen LogP contribution in [0, 0.1) is 5.82 Å². The lowest BCUT2D eigenvalue weighted by atomic mass is 9.87. The van der Waals surface area contributed by atoms with Crippen LogP contribution in [0.2, 0.25) is 0 Å². The van der Waals surface area contributed by atoms with Crippen molar-refractivity contribution >= 4 is 11.3 Å². The van der Waals surface area contributed by atoms with Crippen LogP contribution in [-0.4, -0.2) is 14.8 Å². The molecule has 23 heavy (non-hydrogen) atoms. The van der Waals surface area contributed by atoms with Gasteiger partial charge in [-0.3, -0.25) is 4.68 Å². The van der Waals surface area contributed by atoms with Gasteiger partial charge in [0.2, 0.25) is 0 Å². The van der Waals surface area contributed by atoms with E-state index in [4.69, 9.17) is 4.74 Å². The van der Waals surface area contributed by atoms with E-state index in [1.165, 1.54) is 17.4 Å². The van der Waals surface area contributed by atoms with Gasteiger partial charge in [0.05, 0.1) is 5.69 Å². The predicted octanol–water partition coefficient (Wildman–Crippen LogP) is 4.77. The van der Waals surface area contributed by atoms with Crippen molar-refractivity contribution in [1.29, 1.82) is 0 Å². The Kier molecular flexibility index (Phi) is 3.93. The molecule has 0 spiro atoms. The third-order valence-corrected chi connectivity index (χ3v) is 4.24. The van der Waals surface area contributed by atoms with Gasteiger partial charge < -0.3 is 4.74 Å². The number of aromatic nitrogens is 3. The molecule has 0 saturated heterocycles. The Morgan fingerprint density at radius 2 is 2.00 bits per heavy atom. The summed E-state index contributed by atoms with van der Waals surface area (Å²) in [7, 11) is 1.86. The van der Waals surface area contributed by atoms with Gasteiger partial charge in [-0.15, -0.1) is 0 Å². The Morgan fingerprint density at radius 3 is 2.61 bits per heavy atom. The molecular weight excluding hydrogens is 313 g/mol. The topological polar surface area (TPSA) is 39.9 Å². The van der Waals surface area contributed by atoms with Crippen molar-refractivity contribution < 1.29 is 9.13 Å². The molecule has 0 aliphatic rings. The smallest absolute Gasteiger partial charge is 0.279 e. The highest BCUT2D eigenvalue weighted by Gasteiger charge is 2.19. The van der Waals surface area contributed by atoms with E-state index in [1.807, 2.05) is 39.3 Å². The molecule has 0 aliphatic heterocycles. The largest absolute Gasteiger partial charge is 0.431 e. The minimum Gasteiger partial charge on any atom is -0.431 e. The van der Waals surface area contributed by atoms with Gasteiger partial charge in [0.15, 0.2) is 0 Å². The van der Waals surface area contributed by atoms with Crippen molar-refractivity contribution in [2.75, 3.05) is 0 Å². The Labute approximate surface area is 138 Å². The first-order chi connectivity index (χ1) is 10.8. The normalized spacial score (nSPS) is 11.7. The number of hydrogen-bond acceptors (Lipinski definition) is 4. The molecule has 0 saturated carbocycles. The first-order valence-electron chi connectivity index (χ1n) is 7.26. The summed E-state index contributed by atoms with van der Waals surface area (Å²) < 4.78 is 21.7. The van der Waals surface area contributed by atoms with Gasteiger partial charge in [0.1, 0.15) is 17.3 Å². The number of aryl methyl sites for hydroxylation is 1. The molecule has 2 heterocycles. The third kappa shape index (κ3) is 3.27. The minimum absolute atomic E-state index is 0.240. The number of rotatable bonds is 3. The van der Waals surface area contributed by atoms with Crippen molar-refractivity contribution in [3.63, 3.8) is 0 Å². The minimum atomic E-state index is -0.265. The van der Waals surface area contributed by atoms with Gasteiger partial charge in [0.25, 0.3) is 5.19 Å². The highest BCUT2D eigenvalue weighted by Crippen LogP contribution is 2.32. The number of halogens is 1. The maximum absolute atomic E-state index is 14.2. The summed E-state index contributed by atoms with van der Waals surface area (Å²) in [4.78, 5) is 4.42. The molecule has 1 aromatic carbocycles. The first kappa shape index (κ1) is 15.7. The molecule has 0 unspecified atom stereocenters. The van der Waals surface area contributed by atoms with E-state index in [1.54, 1.807) is 23.0 Å². The molecule has 3 aromatic rings. The maximum atomic E-state index is 14.2. The van der Waals surface area contributed by atoms with Crippen molar-refractivity contribution in [1.82, 2.24) is 14.8 Å². The molecule has 3 rings (SSSR count). The van der Waals surface area contributed by atoms with E-state index in [2.05, 4.69) is 10.1 Å². The van der Waals surface area contributed by atoms with Gasteiger partial charge in [-0.1, -0.05) is 38.2 Å². The molecule has 120 valence electrons. The molecule has 0 N–H and O–H groups in total. The van der Waals surface area contributed by atoms with Crippen LogP contribution >= 0.6 is 11.3 Å². The van der Waals surface area contributed by atoms with E-state index < -0.39 is 0 Å². The van der Waals surface area contributed by atoms with Crippen LogP contribution in [0.4, 0.5) is 4.39 Å². The summed E-state index contributed by atoms with van der Waals surface area (Å²) in [6, 6.07) is 6.83. The van der Waals surface area contributed by atoms with Crippen LogP contribution in [0.5, 0.6) is 10.9 Å². The van der Waals surface area contributed by atoms with Gasteiger partial charge >= 0.3 is 0 Å². The third-order valence-electron chi connectivity index (χ3n) is 3.52. The van der Waals surface area contributed by atoms with Crippen molar-refractivity contribution in [3.8, 4) is 22.3 Å². The second kappa shape index (κ2) is 5.77. The lowest BCUT2D eigenvalue weighted by Crippen LogP contribution is -2.13. The molecule has 0 atom stereocenters. The second-order valence-electron chi connectivity index (χ2n) is 6.33. The SMILES string of the molecule is Cn1nccc1-c1csc(Oc2ccc(C(C)(C)C)c(F)c2)n1. The van der Waals surface area contributed by atoms with E-state index in [-0.39, 0.29) is 11.2 Å². The second-order valence-corrected chi connectivity index (χ2v) is 7.15. The number of benzene rings is 1. The zero-order valence-electron chi connectivity index (χ0n) is 13.5. The van der Waals surface area contributed by atoms with Gasteiger partial charge in [-0.05, 0) is 23.1 Å². The molecule has 0 amide bonds. The van der Waals surface area contributed by atoms with E-state index >= 15 is 0 Å². The Balaban J connectivity index is 1.82. The fourth-order valence-corrected chi connectivity index (χ4v) is 3.00. The van der Waals surface area contributed by atoms with Crippen LogP contribution < -0.4 is 4.74 Å². The standard InChI is InChI=1S/C17H18FN3OS/c1-17(2,3)12-6-5-11(9-13(12)18)22-16-20-14(10-23-16)15-7-8-19-21(15)4/h5-10H,1-4H3. The average Bonchev–Trinajstić information content (AvgIpc) is 3.06. The maximum Gasteiger partial charge on any atom is 0.279 e. The molecule has 0 aliphatic carbocycles. The Morgan fingerprint density at radius 1 is 1.22 bits per heavy atom. The molecule has 0 fully saturated rings. The number of ether oxygens (including phenoxy) is 1. The number of thiazole rings is 1. The zero-order chi connectivity index (χ0) is 16.6. The summed E-state index contributed by atoms with van der Waals surface area (Å²) in [6.45, 7) is 5.94. The van der Waals surface area contributed by atoms with Crippen LogP contribution in [0.25, 0.3) is 11.4 Å². The van der Waals surface area contributed by atoms with Crippen LogP contribution in [0.15, 0.2) is 35.8 Å². The Hall–Kier alpha value is -2.21. The van der Waals surface area contributed by atoms with E-state index in [0.29, 0.717) is 16.5 Å². The fraction of sp³-hybridized carbons (Fsp3) is 0.294. The number of hydrogen-bond donors (Lipinski definition) is 0. The lowest BCUT2D eigenvalue weighted by Gasteiger charge is -2.19. The number of nitrogens with zero attached hydrogens (tertiary/aromatic N) is 3. The fourth-order valence-electron chi connectivity index (χ4n) is 2.32. The first-order valence-corrected chi connectivity index (χ1v) is 8.14. The monoisotopic (exact) mass is 331 g/mol. The molecule has 2 aromatic heterocycles. The molecule has 4 nitrogen and oxygen atoms in total. The van der Waals surface area contributed by atoms with Crippen LogP contribution in [0.3, 0.4) is 0 Å². The lowest BCUT2D eigenvalue weighted by molar-refractivity contribution is 0.466. The highest BCUT2D eigenvalue weighted by atomic mass is 32.1. The quantitative estimate of drug-likeness (QED) is 0.694. The van der Waals surface area contributed by atoms with E-state index in [0.717, 1.165) is 11.4 Å². The zero-order valence-corrected chi connectivity index (χ0v) is 14.3. The van der Waals surface area contributed by atoms with Gasteiger partial charge in [-0.25, -0.2) is 9.37 Å².